The maximum atomic E-state index is 11.9. The van der Waals surface area contributed by atoms with E-state index in [9.17, 15) is 14.4 Å². The molecule has 8 nitrogen and oxygen atoms in total. The molecule has 6 aromatic carbocycles. The molecule has 0 N–H and O–H groups in total. The van der Waals surface area contributed by atoms with E-state index in [4.69, 9.17) is 14.2 Å². The summed E-state index contributed by atoms with van der Waals surface area (Å²) in [4.78, 5) is 40.2. The van der Waals surface area contributed by atoms with Crippen molar-refractivity contribution in [3.8, 4) is 0 Å². The number of ether oxygens (including phenoxy) is 3. The van der Waals surface area contributed by atoms with Crippen molar-refractivity contribution >= 4 is 52.0 Å². The fraction of sp³-hybridized carbons (Fsp3) is 0.250. The van der Waals surface area contributed by atoms with Gasteiger partial charge in [-0.2, -0.15) is 0 Å². The van der Waals surface area contributed by atoms with E-state index >= 15 is 0 Å². The van der Waals surface area contributed by atoms with Crippen LogP contribution in [0.15, 0.2) is 182 Å². The van der Waals surface area contributed by atoms with Crippen LogP contribution in [0.4, 0.5) is 34.1 Å². The van der Waals surface area contributed by atoms with Gasteiger partial charge >= 0.3 is 17.9 Å². The van der Waals surface area contributed by atoms with Crippen molar-refractivity contribution in [1.82, 2.24) is 0 Å². The largest absolute Gasteiger partial charge is 0.462 e. The molecule has 0 atom stereocenters. The molecule has 0 aliphatic heterocycles. The van der Waals surface area contributed by atoms with Crippen LogP contribution in [0.1, 0.15) is 73.9 Å². The molecule has 0 heterocycles. The van der Waals surface area contributed by atoms with Crippen molar-refractivity contribution in [2.75, 3.05) is 29.6 Å². The normalized spacial score (nSPS) is 10.8. The van der Waals surface area contributed by atoms with E-state index in [0.717, 1.165) is 76.5 Å². The smallest absolute Gasteiger partial charge is 0.333 e. The summed E-state index contributed by atoms with van der Waals surface area (Å²) in [6, 6.07) is 51.5. The molecule has 0 unspecified atom stereocenters. The minimum absolute atomic E-state index is 0.282. The Morgan fingerprint density at radius 3 is 0.765 bits per heavy atom. The number of unbranched alkanes of at least 4 members (excludes halogenated alkanes) is 1. The summed E-state index contributed by atoms with van der Waals surface area (Å²) in [7, 11) is 0. The van der Waals surface area contributed by atoms with Gasteiger partial charge in [0.1, 0.15) is 0 Å². The van der Waals surface area contributed by atoms with Crippen LogP contribution in [0.5, 0.6) is 0 Å². The first-order valence-corrected chi connectivity index (χ1v) is 23.5. The fourth-order valence-electron chi connectivity index (χ4n) is 7.59. The lowest BCUT2D eigenvalue weighted by Gasteiger charge is -2.26. The Bertz CT molecular complexity index is 2560. The highest BCUT2D eigenvalue weighted by Crippen LogP contribution is 2.37. The number of benzene rings is 6. The second kappa shape index (κ2) is 24.9. The first-order chi connectivity index (χ1) is 32.9. The second-order valence-electron chi connectivity index (χ2n) is 17.3. The summed E-state index contributed by atoms with van der Waals surface area (Å²) in [6.45, 7) is 19.0. The van der Waals surface area contributed by atoms with Gasteiger partial charge in [-0.25, -0.2) is 14.4 Å². The first-order valence-electron chi connectivity index (χ1n) is 23.5. The van der Waals surface area contributed by atoms with E-state index in [0.29, 0.717) is 42.6 Å². The van der Waals surface area contributed by atoms with Gasteiger partial charge in [-0.3, -0.25) is 0 Å². The lowest BCUT2D eigenvalue weighted by atomic mass is 10.0. The highest BCUT2D eigenvalue weighted by atomic mass is 16.5. The van der Waals surface area contributed by atoms with E-state index in [1.54, 1.807) is 20.8 Å². The number of carbonyl (C=O) groups is 3. The first kappa shape index (κ1) is 50.0. The Labute approximate surface area is 403 Å². The molecule has 0 spiro atoms. The van der Waals surface area contributed by atoms with Crippen molar-refractivity contribution < 1.29 is 28.6 Å². The average Bonchev–Trinajstić information content (AvgIpc) is 3.35. The lowest BCUT2D eigenvalue weighted by Crippen LogP contribution is -2.11. The Kier molecular flexibility index (Phi) is 18.3. The Morgan fingerprint density at radius 2 is 0.559 bits per heavy atom. The van der Waals surface area contributed by atoms with Crippen molar-refractivity contribution in [1.29, 1.82) is 0 Å². The van der Waals surface area contributed by atoms with Crippen molar-refractivity contribution in [3.05, 3.63) is 215 Å². The third kappa shape index (κ3) is 14.5. The van der Waals surface area contributed by atoms with Gasteiger partial charge in [0.2, 0.25) is 0 Å². The van der Waals surface area contributed by atoms with Crippen LogP contribution in [0.3, 0.4) is 0 Å². The standard InChI is InChI=1S/C60H64N2O6/c1-8-9-10-46-13-25-52(26-14-46)61(55-31-19-49(20-32-55)37-40-66-58(63)43(2)3)53-27-15-47(16-28-53)11-12-48-17-29-54(30-18-48)62(56-33-21-50(22-34-56)38-41-67-59(64)44(4)5)57-35-23-51(24-36-57)39-42-68-60(65)45(6)7/h13-36H,2,4,6,8-12,37-42H2,1,3,5,7H3. The maximum Gasteiger partial charge on any atom is 0.333 e. The molecule has 0 radical (unpaired) electrons. The predicted molar refractivity (Wildman–Crippen MR) is 277 cm³/mol. The third-order valence-electron chi connectivity index (χ3n) is 11.6. The monoisotopic (exact) mass is 908 g/mol. The van der Waals surface area contributed by atoms with Crippen molar-refractivity contribution in [2.24, 2.45) is 0 Å². The molecule has 6 rings (SSSR count). The summed E-state index contributed by atoms with van der Waals surface area (Å²) in [5, 5.41) is 0. The van der Waals surface area contributed by atoms with Crippen LogP contribution in [0.2, 0.25) is 0 Å². The minimum atomic E-state index is -0.383. The van der Waals surface area contributed by atoms with E-state index < -0.39 is 0 Å². The quantitative estimate of drug-likeness (QED) is 0.0337. The number of rotatable bonds is 24. The summed E-state index contributed by atoms with van der Waals surface area (Å²) >= 11 is 0. The van der Waals surface area contributed by atoms with Crippen molar-refractivity contribution in [3.63, 3.8) is 0 Å². The van der Waals surface area contributed by atoms with Gasteiger partial charge in [-0.05, 0) is 153 Å². The van der Waals surface area contributed by atoms with Gasteiger partial charge < -0.3 is 24.0 Å². The van der Waals surface area contributed by atoms with E-state index in [1.807, 2.05) is 0 Å². The second-order valence-corrected chi connectivity index (χ2v) is 17.3. The van der Waals surface area contributed by atoms with E-state index in [2.05, 4.69) is 182 Å². The molecular weight excluding hydrogens is 845 g/mol. The predicted octanol–water partition coefficient (Wildman–Crippen LogP) is 13.7. The molecular formula is C60H64N2O6. The molecule has 0 aliphatic carbocycles. The molecule has 350 valence electrons. The molecule has 0 fully saturated rings. The number of anilines is 6. The van der Waals surface area contributed by atoms with Crippen LogP contribution < -0.4 is 9.80 Å². The maximum absolute atomic E-state index is 11.9. The SMILES string of the molecule is C=C(C)C(=O)OCCc1ccc(N(c2ccc(CCCC)cc2)c2ccc(CCc3ccc(N(c4ccc(CCOC(=O)C(=C)C)cc4)c4ccc(CCOC(=O)C(=C)C)cc4)cc3)cc2)cc1. The van der Waals surface area contributed by atoms with Crippen LogP contribution in [0, 0.1) is 0 Å². The molecule has 0 saturated carbocycles. The molecule has 0 aliphatic rings. The van der Waals surface area contributed by atoms with Gasteiger partial charge in [-0.15, -0.1) is 0 Å². The number of hydrogen-bond acceptors (Lipinski definition) is 8. The van der Waals surface area contributed by atoms with Crippen LogP contribution >= 0.6 is 0 Å². The summed E-state index contributed by atoms with van der Waals surface area (Å²) in [5.41, 5.74) is 14.4. The number of aryl methyl sites for hydroxylation is 3. The Hall–Kier alpha value is -7.45. The molecule has 0 bridgehead atoms. The molecule has 68 heavy (non-hydrogen) atoms. The molecule has 0 aromatic heterocycles. The van der Waals surface area contributed by atoms with Crippen molar-refractivity contribution in [2.45, 2.75) is 79.1 Å². The molecule has 6 aromatic rings. The van der Waals surface area contributed by atoms with E-state index in [1.165, 1.54) is 23.1 Å². The molecule has 0 saturated heterocycles. The Balaban J connectivity index is 1.16. The summed E-state index contributed by atoms with van der Waals surface area (Å²) in [5.74, 6) is -1.13. The van der Waals surface area contributed by atoms with Gasteiger partial charge in [0.05, 0.1) is 19.8 Å². The number of nitrogens with zero attached hydrogens (tertiary/aromatic N) is 2. The van der Waals surface area contributed by atoms with Gasteiger partial charge in [0.25, 0.3) is 0 Å². The highest BCUT2D eigenvalue weighted by molar-refractivity contribution is 5.88. The average molecular weight is 909 g/mol. The van der Waals surface area contributed by atoms with E-state index in [-0.39, 0.29) is 31.1 Å². The zero-order valence-electron chi connectivity index (χ0n) is 40.1. The molecule has 8 heteroatoms. The zero-order chi connectivity index (χ0) is 48.4. The number of hydrogen-bond donors (Lipinski definition) is 0. The zero-order valence-corrected chi connectivity index (χ0v) is 40.1. The van der Waals surface area contributed by atoms with Crippen LogP contribution in [-0.2, 0) is 67.1 Å². The fourth-order valence-corrected chi connectivity index (χ4v) is 7.59. The summed E-state index contributed by atoms with van der Waals surface area (Å²) in [6.07, 6.45) is 6.97. The summed E-state index contributed by atoms with van der Waals surface area (Å²) < 4.78 is 16.0. The number of esters is 3. The molecule has 0 amide bonds. The van der Waals surface area contributed by atoms with Gasteiger partial charge in [-0.1, -0.05) is 106 Å². The van der Waals surface area contributed by atoms with Gasteiger partial charge in [0, 0.05) is 70.1 Å². The van der Waals surface area contributed by atoms with Crippen LogP contribution in [0.25, 0.3) is 0 Å². The Morgan fingerprint density at radius 1 is 0.353 bits per heavy atom. The van der Waals surface area contributed by atoms with Crippen LogP contribution in [-0.4, -0.2) is 37.7 Å². The highest BCUT2D eigenvalue weighted by Gasteiger charge is 2.16. The van der Waals surface area contributed by atoms with Gasteiger partial charge in [0.15, 0.2) is 0 Å². The minimum Gasteiger partial charge on any atom is -0.462 e. The number of carbonyl (C=O) groups excluding carboxylic acids is 3. The topological polar surface area (TPSA) is 85.4 Å². The third-order valence-corrected chi connectivity index (χ3v) is 11.6. The lowest BCUT2D eigenvalue weighted by molar-refractivity contribution is -0.139.